The summed E-state index contributed by atoms with van der Waals surface area (Å²) >= 11 is 2.15. The molecular formula is C63H61IO8. The van der Waals surface area contributed by atoms with E-state index < -0.39 is 17.9 Å². The summed E-state index contributed by atoms with van der Waals surface area (Å²) in [5, 5.41) is 0. The van der Waals surface area contributed by atoms with E-state index in [1.54, 1.807) is 72.8 Å². The quantitative estimate of drug-likeness (QED) is 0.0186. The maximum atomic E-state index is 13.6. The Bertz CT molecular complexity index is 2770. The summed E-state index contributed by atoms with van der Waals surface area (Å²) in [4.78, 5) is 40.7. The van der Waals surface area contributed by atoms with Crippen LogP contribution in [0, 0.1) is 39.1 Å². The Labute approximate surface area is 439 Å². The molecule has 72 heavy (non-hydrogen) atoms. The fraction of sp³-hybridized carbons (Fsp3) is 0.254. The second kappa shape index (κ2) is 27.9. The molecule has 0 bridgehead atoms. The summed E-state index contributed by atoms with van der Waals surface area (Å²) < 4.78 is 30.0. The minimum absolute atomic E-state index is 0.0500. The predicted octanol–water partition coefficient (Wildman–Crippen LogP) is 15.1. The third kappa shape index (κ3) is 18.8. The SMILES string of the molecule is CC(C)=CCCC[C@H](C)COc1ccc(C#Cc2ccc(OC(=O)c3cc(C(=O)Oc4ccc(I)cc4)cc(C(=O)Oc4ccc(C#Cc5ccc(OC[C@@H](C)CCCC=C(C)C)cc5)cc4)c3)cc2)cc1. The van der Waals surface area contributed by atoms with E-state index in [1.165, 1.54) is 29.3 Å². The van der Waals surface area contributed by atoms with Crippen molar-refractivity contribution in [2.24, 2.45) is 11.8 Å². The third-order valence-electron chi connectivity index (χ3n) is 11.2. The highest BCUT2D eigenvalue weighted by Crippen LogP contribution is 2.23. The van der Waals surface area contributed by atoms with Crippen LogP contribution in [0.2, 0.25) is 0 Å². The first-order valence-electron chi connectivity index (χ1n) is 24.3. The van der Waals surface area contributed by atoms with Gasteiger partial charge in [0.2, 0.25) is 0 Å². The van der Waals surface area contributed by atoms with E-state index in [1.807, 2.05) is 48.5 Å². The average molecular weight is 1070 g/mol. The molecule has 0 N–H and O–H groups in total. The van der Waals surface area contributed by atoms with E-state index in [4.69, 9.17) is 23.7 Å². The zero-order valence-electron chi connectivity index (χ0n) is 41.9. The molecule has 0 aliphatic rings. The monoisotopic (exact) mass is 1070 g/mol. The van der Waals surface area contributed by atoms with Crippen molar-refractivity contribution >= 4 is 40.5 Å². The van der Waals surface area contributed by atoms with E-state index in [9.17, 15) is 14.4 Å². The summed E-state index contributed by atoms with van der Waals surface area (Å²) in [5.41, 5.74) is 5.61. The maximum absolute atomic E-state index is 13.6. The molecule has 0 unspecified atom stereocenters. The number of carbonyl (C=O) groups excluding carboxylic acids is 3. The Morgan fingerprint density at radius 1 is 0.444 bits per heavy atom. The van der Waals surface area contributed by atoms with Crippen LogP contribution in [0.25, 0.3) is 0 Å². The van der Waals surface area contributed by atoms with Crippen molar-refractivity contribution in [2.75, 3.05) is 13.2 Å². The molecule has 6 aromatic rings. The summed E-state index contributed by atoms with van der Waals surface area (Å²) in [6, 6.07) is 39.7. The number of esters is 3. The molecule has 2 atom stereocenters. The summed E-state index contributed by atoms with van der Waals surface area (Å²) in [7, 11) is 0. The zero-order chi connectivity index (χ0) is 51.2. The van der Waals surface area contributed by atoms with Gasteiger partial charge in [-0.3, -0.25) is 0 Å². The first-order chi connectivity index (χ1) is 34.7. The molecule has 368 valence electrons. The average Bonchev–Trinajstić information content (AvgIpc) is 3.38. The minimum atomic E-state index is -0.798. The molecule has 6 rings (SSSR count). The highest BCUT2D eigenvalue weighted by atomic mass is 127. The number of allylic oxidation sites excluding steroid dienone is 4. The van der Waals surface area contributed by atoms with E-state index in [0.29, 0.717) is 41.9 Å². The smallest absolute Gasteiger partial charge is 0.343 e. The molecule has 8 nitrogen and oxygen atoms in total. The van der Waals surface area contributed by atoms with E-state index in [2.05, 4.69) is 100.0 Å². The van der Waals surface area contributed by atoms with Gasteiger partial charge in [-0.25, -0.2) is 14.4 Å². The van der Waals surface area contributed by atoms with E-state index >= 15 is 0 Å². The van der Waals surface area contributed by atoms with Crippen LogP contribution in [0.4, 0.5) is 0 Å². The van der Waals surface area contributed by atoms with Gasteiger partial charge in [0.1, 0.15) is 28.7 Å². The number of carbonyl (C=O) groups is 3. The van der Waals surface area contributed by atoms with Gasteiger partial charge >= 0.3 is 17.9 Å². The molecule has 9 heteroatoms. The van der Waals surface area contributed by atoms with Gasteiger partial charge < -0.3 is 23.7 Å². The molecule has 0 spiro atoms. The number of ether oxygens (including phenoxy) is 5. The molecule has 0 aromatic heterocycles. The van der Waals surface area contributed by atoms with Crippen LogP contribution < -0.4 is 23.7 Å². The third-order valence-corrected chi connectivity index (χ3v) is 11.9. The summed E-state index contributed by atoms with van der Waals surface area (Å²) in [6.45, 7) is 14.2. The van der Waals surface area contributed by atoms with Gasteiger partial charge in [-0.05, 0) is 240 Å². The fourth-order valence-corrected chi connectivity index (χ4v) is 7.47. The van der Waals surface area contributed by atoms with Crippen LogP contribution in [0.1, 0.15) is 133 Å². The lowest BCUT2D eigenvalue weighted by Crippen LogP contribution is -2.16. The zero-order valence-corrected chi connectivity index (χ0v) is 44.0. The minimum Gasteiger partial charge on any atom is -0.493 e. The van der Waals surface area contributed by atoms with Gasteiger partial charge in [0.05, 0.1) is 29.9 Å². The topological polar surface area (TPSA) is 97.4 Å². The molecule has 0 amide bonds. The fourth-order valence-electron chi connectivity index (χ4n) is 7.11. The van der Waals surface area contributed by atoms with Crippen molar-refractivity contribution in [3.05, 3.63) is 205 Å². The number of benzene rings is 6. The van der Waals surface area contributed by atoms with Gasteiger partial charge in [0.25, 0.3) is 0 Å². The van der Waals surface area contributed by atoms with E-state index in [-0.39, 0.29) is 28.2 Å². The van der Waals surface area contributed by atoms with E-state index in [0.717, 1.165) is 64.7 Å². The van der Waals surface area contributed by atoms with Crippen LogP contribution in [0.15, 0.2) is 163 Å². The van der Waals surface area contributed by atoms with Crippen molar-refractivity contribution in [1.29, 1.82) is 0 Å². The Hall–Kier alpha value is -7.34. The molecule has 0 aliphatic heterocycles. The van der Waals surface area contributed by atoms with Crippen molar-refractivity contribution in [3.8, 4) is 52.4 Å². The van der Waals surface area contributed by atoms with Crippen molar-refractivity contribution in [2.45, 2.75) is 80.1 Å². The number of rotatable bonds is 20. The molecule has 0 fully saturated rings. The van der Waals surface area contributed by atoms with Crippen molar-refractivity contribution in [1.82, 2.24) is 0 Å². The lowest BCUT2D eigenvalue weighted by molar-refractivity contribution is 0.0734. The number of hydrogen-bond acceptors (Lipinski definition) is 8. The number of hydrogen-bond donors (Lipinski definition) is 0. The molecule has 0 radical (unpaired) electrons. The van der Waals surface area contributed by atoms with Gasteiger partial charge in [-0.2, -0.15) is 0 Å². The highest BCUT2D eigenvalue weighted by Gasteiger charge is 2.21. The van der Waals surface area contributed by atoms with Crippen LogP contribution in [-0.2, 0) is 0 Å². The Morgan fingerprint density at radius 3 is 1.01 bits per heavy atom. The maximum Gasteiger partial charge on any atom is 0.343 e. The van der Waals surface area contributed by atoms with Gasteiger partial charge in [0.15, 0.2) is 0 Å². The standard InChI is InChI=1S/C63H61IO8/c1-44(2)11-7-9-13-46(5)42-68-56-29-19-48(20-30-56)15-17-50-23-33-58(34-24-50)70-61(65)52-39-53(41-54(40-52)63(67)72-60-37-27-55(64)28-38-60)62(66)71-59-35-25-51(26-36-59)18-16-49-21-31-57(32-22-49)69-43-47(6)14-10-8-12-45(3)4/h11-12,19-41,46-47H,7-10,13-14,42-43H2,1-6H3/t46-,47-/m0/s1. The largest absolute Gasteiger partial charge is 0.493 e. The molecular weight excluding hydrogens is 1010 g/mol. The summed E-state index contributed by atoms with van der Waals surface area (Å²) in [6.07, 6.45) is 11.3. The lowest BCUT2D eigenvalue weighted by Gasteiger charge is -2.12. The highest BCUT2D eigenvalue weighted by molar-refractivity contribution is 14.1. The molecule has 0 heterocycles. The van der Waals surface area contributed by atoms with Crippen LogP contribution in [0.3, 0.4) is 0 Å². The van der Waals surface area contributed by atoms with Gasteiger partial charge in [-0.1, -0.05) is 60.8 Å². The number of halogens is 1. The van der Waals surface area contributed by atoms with Gasteiger partial charge in [-0.15, -0.1) is 0 Å². The Morgan fingerprint density at radius 2 is 0.722 bits per heavy atom. The van der Waals surface area contributed by atoms with Crippen LogP contribution in [0.5, 0.6) is 28.7 Å². The normalized spacial score (nSPS) is 11.3. The second-order valence-electron chi connectivity index (χ2n) is 18.3. The first-order valence-corrected chi connectivity index (χ1v) is 25.4. The van der Waals surface area contributed by atoms with Crippen LogP contribution in [-0.4, -0.2) is 31.1 Å². The first kappa shape index (κ1) is 54.0. The predicted molar refractivity (Wildman–Crippen MR) is 294 cm³/mol. The van der Waals surface area contributed by atoms with Gasteiger partial charge in [0, 0.05) is 25.8 Å². The van der Waals surface area contributed by atoms with Crippen LogP contribution >= 0.6 is 22.6 Å². The molecule has 6 aromatic carbocycles. The lowest BCUT2D eigenvalue weighted by atomic mass is 10.0. The number of unbranched alkanes of at least 4 members (excludes halogenated alkanes) is 2. The molecule has 0 saturated heterocycles. The Balaban J connectivity index is 1.06. The molecule has 0 aliphatic carbocycles. The van der Waals surface area contributed by atoms with Crippen molar-refractivity contribution < 1.29 is 38.1 Å². The molecule has 0 saturated carbocycles. The Kier molecular flexibility index (Phi) is 20.9. The summed E-state index contributed by atoms with van der Waals surface area (Å²) in [5.74, 6) is 13.6. The van der Waals surface area contributed by atoms with Crippen molar-refractivity contribution in [3.63, 3.8) is 0 Å². The second-order valence-corrected chi connectivity index (χ2v) is 19.5.